The first-order valence-corrected chi connectivity index (χ1v) is 10.8. The van der Waals surface area contributed by atoms with Gasteiger partial charge in [-0.1, -0.05) is 41.4 Å². The highest BCUT2D eigenvalue weighted by atomic mass is 35.5. The second-order valence-electron chi connectivity index (χ2n) is 8.13. The second-order valence-corrected chi connectivity index (χ2v) is 8.49. The Labute approximate surface area is 187 Å². The number of aromatic nitrogens is 1. The number of carbonyl (C=O) groups is 1. The van der Waals surface area contributed by atoms with Gasteiger partial charge in [0, 0.05) is 29.6 Å². The van der Waals surface area contributed by atoms with Crippen molar-refractivity contribution in [3.63, 3.8) is 0 Å². The Morgan fingerprint density at radius 3 is 2.52 bits per heavy atom. The topological polar surface area (TPSA) is 45.2 Å². The molecule has 4 rings (SSSR count). The molecule has 0 aliphatic carbocycles. The van der Waals surface area contributed by atoms with Gasteiger partial charge >= 0.3 is 0 Å². The van der Waals surface area contributed by atoms with Crippen LogP contribution in [0.15, 0.2) is 54.7 Å². The second kappa shape index (κ2) is 9.06. The predicted octanol–water partition coefficient (Wildman–Crippen LogP) is 6.31. The highest BCUT2D eigenvalue weighted by Gasteiger charge is 2.32. The molecule has 1 amide bonds. The summed E-state index contributed by atoms with van der Waals surface area (Å²) in [5.74, 6) is -0.0160. The average Bonchev–Trinajstić information content (AvgIpc) is 2.78. The van der Waals surface area contributed by atoms with Gasteiger partial charge in [-0.3, -0.25) is 4.79 Å². The van der Waals surface area contributed by atoms with Crippen molar-refractivity contribution in [1.82, 2.24) is 9.88 Å². The summed E-state index contributed by atoms with van der Waals surface area (Å²) in [6.07, 6.45) is 4.24. The normalized spacial score (nSPS) is 18.6. The third-order valence-corrected chi connectivity index (χ3v) is 6.47. The Morgan fingerprint density at radius 1 is 1.13 bits per heavy atom. The number of amides is 1. The molecule has 1 aromatic heterocycles. The van der Waals surface area contributed by atoms with E-state index in [9.17, 15) is 9.18 Å². The third kappa shape index (κ3) is 4.57. The van der Waals surface area contributed by atoms with Gasteiger partial charge in [0.2, 0.25) is 6.41 Å². The van der Waals surface area contributed by atoms with Gasteiger partial charge in [-0.05, 0) is 62.4 Å². The van der Waals surface area contributed by atoms with Crippen molar-refractivity contribution < 1.29 is 9.18 Å². The molecule has 1 aliphatic rings. The van der Waals surface area contributed by atoms with Crippen LogP contribution in [-0.2, 0) is 4.79 Å². The van der Waals surface area contributed by atoms with Crippen molar-refractivity contribution in [2.75, 3.05) is 11.9 Å². The first kappa shape index (κ1) is 21.3. The lowest BCUT2D eigenvalue weighted by atomic mass is 9.82. The highest BCUT2D eigenvalue weighted by molar-refractivity contribution is 6.30. The number of likely N-dealkylation sites (tertiary alicyclic amines) is 1. The van der Waals surface area contributed by atoms with Gasteiger partial charge in [-0.25, -0.2) is 9.37 Å². The summed E-state index contributed by atoms with van der Waals surface area (Å²) >= 11 is 6.36. The van der Waals surface area contributed by atoms with E-state index in [-0.39, 0.29) is 17.8 Å². The van der Waals surface area contributed by atoms with E-state index in [1.54, 1.807) is 6.20 Å². The van der Waals surface area contributed by atoms with Crippen LogP contribution < -0.4 is 5.32 Å². The maximum Gasteiger partial charge on any atom is 0.210 e. The van der Waals surface area contributed by atoms with Crippen molar-refractivity contribution in [3.8, 4) is 0 Å². The molecule has 1 fully saturated rings. The van der Waals surface area contributed by atoms with Crippen LogP contribution in [-0.4, -0.2) is 22.8 Å². The van der Waals surface area contributed by atoms with E-state index in [1.807, 2.05) is 55.1 Å². The largest absolute Gasteiger partial charge is 0.355 e. The SMILES string of the molecule is Cc1ccc(Nc2c(C3CC(c4ccc(F)cc4)CCN3C=O)cnc(Cl)c2C)cc1. The molecule has 2 atom stereocenters. The van der Waals surface area contributed by atoms with Gasteiger partial charge in [-0.15, -0.1) is 0 Å². The molecule has 1 aliphatic heterocycles. The lowest BCUT2D eigenvalue weighted by Crippen LogP contribution is -2.35. The van der Waals surface area contributed by atoms with Crippen LogP contribution in [0, 0.1) is 19.7 Å². The number of hydrogen-bond donors (Lipinski definition) is 1. The predicted molar refractivity (Wildman–Crippen MR) is 122 cm³/mol. The molecule has 160 valence electrons. The van der Waals surface area contributed by atoms with E-state index in [2.05, 4.69) is 10.3 Å². The molecule has 31 heavy (non-hydrogen) atoms. The third-order valence-electron chi connectivity index (χ3n) is 6.09. The summed E-state index contributed by atoms with van der Waals surface area (Å²) in [5, 5.41) is 3.93. The standard InChI is InChI=1S/C25H25ClFN3O/c1-16-3-9-21(10-4-16)29-24-17(2)25(26)28-14-22(24)23-13-19(11-12-30(23)15-31)18-5-7-20(27)8-6-18/h3-10,14-15,19,23H,11-13H2,1-2H3,(H,28,29). The number of nitrogens with one attached hydrogen (secondary N) is 1. The lowest BCUT2D eigenvalue weighted by molar-refractivity contribution is -0.121. The number of halogens is 2. The van der Waals surface area contributed by atoms with E-state index in [1.165, 1.54) is 17.7 Å². The smallest absolute Gasteiger partial charge is 0.210 e. The van der Waals surface area contributed by atoms with E-state index in [0.717, 1.165) is 47.3 Å². The summed E-state index contributed by atoms with van der Waals surface area (Å²) in [4.78, 5) is 18.1. The fourth-order valence-corrected chi connectivity index (χ4v) is 4.40. The zero-order valence-electron chi connectivity index (χ0n) is 17.6. The van der Waals surface area contributed by atoms with E-state index in [0.29, 0.717) is 11.7 Å². The van der Waals surface area contributed by atoms with Gasteiger partial charge in [-0.2, -0.15) is 0 Å². The van der Waals surface area contributed by atoms with E-state index in [4.69, 9.17) is 11.6 Å². The van der Waals surface area contributed by atoms with Crippen LogP contribution in [0.5, 0.6) is 0 Å². The minimum Gasteiger partial charge on any atom is -0.355 e. The molecule has 2 heterocycles. The van der Waals surface area contributed by atoms with Gasteiger partial charge in [0.25, 0.3) is 0 Å². The Bertz CT molecular complexity index is 1070. The van der Waals surface area contributed by atoms with Crippen LogP contribution in [0.1, 0.15) is 47.1 Å². The van der Waals surface area contributed by atoms with Crippen molar-refractivity contribution in [1.29, 1.82) is 0 Å². The summed E-state index contributed by atoms with van der Waals surface area (Å²) in [7, 11) is 0. The van der Waals surface area contributed by atoms with Gasteiger partial charge < -0.3 is 10.2 Å². The fraction of sp³-hybridized carbons (Fsp3) is 0.280. The number of benzene rings is 2. The number of rotatable bonds is 5. The number of piperidine rings is 1. The van der Waals surface area contributed by atoms with Crippen LogP contribution in [0.3, 0.4) is 0 Å². The molecule has 1 N–H and O–H groups in total. The molecule has 3 aromatic rings. The van der Waals surface area contributed by atoms with E-state index >= 15 is 0 Å². The van der Waals surface area contributed by atoms with Crippen molar-refractivity contribution >= 4 is 29.4 Å². The molecule has 2 aromatic carbocycles. The lowest BCUT2D eigenvalue weighted by Gasteiger charge is -2.38. The van der Waals surface area contributed by atoms with Crippen LogP contribution in [0.25, 0.3) is 0 Å². The van der Waals surface area contributed by atoms with Gasteiger partial charge in [0.05, 0.1) is 11.7 Å². The molecular formula is C25H25ClFN3O. The Balaban J connectivity index is 1.71. The summed E-state index contributed by atoms with van der Waals surface area (Å²) in [6.45, 7) is 4.60. The first-order valence-electron chi connectivity index (χ1n) is 10.4. The number of hydrogen-bond acceptors (Lipinski definition) is 3. The van der Waals surface area contributed by atoms with Crippen molar-refractivity contribution in [2.45, 2.75) is 38.6 Å². The summed E-state index contributed by atoms with van der Waals surface area (Å²) in [5.41, 5.74) is 5.86. The Kier molecular flexibility index (Phi) is 6.23. The van der Waals surface area contributed by atoms with Crippen LogP contribution >= 0.6 is 11.6 Å². The molecular weight excluding hydrogens is 413 g/mol. The minimum absolute atomic E-state index is 0.155. The molecule has 0 saturated carbocycles. The first-order chi connectivity index (χ1) is 15.0. The fourth-order valence-electron chi connectivity index (χ4n) is 4.26. The van der Waals surface area contributed by atoms with Crippen LogP contribution in [0.4, 0.5) is 15.8 Å². The van der Waals surface area contributed by atoms with Crippen LogP contribution in [0.2, 0.25) is 5.15 Å². The summed E-state index contributed by atoms with van der Waals surface area (Å²) in [6, 6.07) is 14.6. The monoisotopic (exact) mass is 437 g/mol. The van der Waals surface area contributed by atoms with Crippen molar-refractivity contribution in [2.24, 2.45) is 0 Å². The Hall–Kier alpha value is -2.92. The average molecular weight is 438 g/mol. The highest BCUT2D eigenvalue weighted by Crippen LogP contribution is 2.43. The molecule has 4 nitrogen and oxygen atoms in total. The zero-order valence-corrected chi connectivity index (χ0v) is 18.4. The van der Waals surface area contributed by atoms with Gasteiger partial charge in [0.15, 0.2) is 0 Å². The maximum absolute atomic E-state index is 13.4. The van der Waals surface area contributed by atoms with Crippen molar-refractivity contribution in [3.05, 3.63) is 88.0 Å². The number of pyridine rings is 1. The molecule has 1 saturated heterocycles. The number of aryl methyl sites for hydroxylation is 1. The summed E-state index contributed by atoms with van der Waals surface area (Å²) < 4.78 is 13.4. The number of carbonyl (C=O) groups excluding carboxylic acids is 1. The Morgan fingerprint density at radius 2 is 1.84 bits per heavy atom. The number of nitrogens with zero attached hydrogens (tertiary/aromatic N) is 2. The van der Waals surface area contributed by atoms with Gasteiger partial charge in [0.1, 0.15) is 11.0 Å². The zero-order chi connectivity index (χ0) is 22.0. The molecule has 6 heteroatoms. The van der Waals surface area contributed by atoms with E-state index < -0.39 is 0 Å². The quantitative estimate of drug-likeness (QED) is 0.375. The molecule has 0 radical (unpaired) electrons. The molecule has 0 bridgehead atoms. The molecule has 0 spiro atoms. The molecule has 2 unspecified atom stereocenters. The number of anilines is 2. The maximum atomic E-state index is 13.4. The minimum atomic E-state index is -0.243.